The predicted molar refractivity (Wildman–Crippen MR) is 199 cm³/mol. The molecule has 1 saturated carbocycles. The molecule has 3 aromatic rings. The van der Waals surface area contributed by atoms with Crippen LogP contribution in [-0.2, 0) is 7.05 Å². The summed E-state index contributed by atoms with van der Waals surface area (Å²) in [5, 5.41) is 4.20. The molecule has 1 saturated heterocycles. The number of fused-ring (bicyclic) bond motifs is 1. The molecule has 0 spiro atoms. The van der Waals surface area contributed by atoms with Crippen molar-refractivity contribution < 1.29 is 4.74 Å². The number of nitrogens with zero attached hydrogens (tertiary/aromatic N) is 5. The molecule has 2 aromatic heterocycles. The van der Waals surface area contributed by atoms with Crippen LogP contribution >= 0.6 is 0 Å². The van der Waals surface area contributed by atoms with Gasteiger partial charge >= 0.3 is 0 Å². The first-order valence-electron chi connectivity index (χ1n) is 17.9. The van der Waals surface area contributed by atoms with E-state index in [1.165, 1.54) is 32.1 Å². The molecule has 5 rings (SSSR count). The molecule has 8 nitrogen and oxygen atoms in total. The lowest BCUT2D eigenvalue weighted by molar-refractivity contribution is 0.288. The fraction of sp³-hybridized carbons (Fsp3) is 0.605. The number of benzene rings is 1. The largest absolute Gasteiger partial charge is 0.491 e. The highest BCUT2D eigenvalue weighted by molar-refractivity contribution is 6.90. The van der Waals surface area contributed by atoms with Crippen molar-refractivity contribution in [3.63, 3.8) is 0 Å². The minimum absolute atomic E-state index is 0.123. The maximum atomic E-state index is 13.1. The second-order valence-electron chi connectivity index (χ2n) is 14.8. The summed E-state index contributed by atoms with van der Waals surface area (Å²) in [6.07, 6.45) is 9.62. The molecule has 1 N–H and O–H groups in total. The molecule has 2 aliphatic rings. The van der Waals surface area contributed by atoms with Crippen LogP contribution in [0.15, 0.2) is 35.3 Å². The van der Waals surface area contributed by atoms with Crippen molar-refractivity contribution in [2.45, 2.75) is 96.7 Å². The van der Waals surface area contributed by atoms with Crippen LogP contribution in [0.25, 0.3) is 11.0 Å². The van der Waals surface area contributed by atoms with E-state index in [0.29, 0.717) is 40.4 Å². The van der Waals surface area contributed by atoms with E-state index in [0.717, 1.165) is 61.0 Å². The van der Waals surface area contributed by atoms with Crippen LogP contribution in [0.3, 0.4) is 0 Å². The van der Waals surface area contributed by atoms with E-state index in [1.807, 2.05) is 0 Å². The summed E-state index contributed by atoms with van der Waals surface area (Å²) >= 11 is 0. The van der Waals surface area contributed by atoms with Gasteiger partial charge in [-0.15, -0.1) is 5.54 Å². The number of pyridine rings is 1. The number of aromatic nitrogens is 3. The summed E-state index contributed by atoms with van der Waals surface area (Å²) < 4.78 is 8.07. The Kier molecular flexibility index (Phi) is 11.3. The lowest BCUT2D eigenvalue weighted by atomic mass is 10.0. The monoisotopic (exact) mass is 656 g/mol. The standard InChI is InChI=1S/C38H56N6O2Si/c1-27(2)47(28(3)4,29(5)6)23-17-31-24-36(45)43(8)37-33(31)26-39-38(41-37)40-32-15-16-34(44-20-18-42(7)19-21-44)35(25-32)46-22-11-14-30-12-9-10-13-30/h15-16,24-30H,9-14,18-22H2,1-8H3,(H,39,40,41). The number of aryl methyl sites for hydroxylation is 1. The number of nitrogens with one attached hydrogen (secondary N) is 1. The number of hydrogen-bond donors (Lipinski definition) is 1. The van der Waals surface area contributed by atoms with Gasteiger partial charge in [0.1, 0.15) is 19.5 Å². The zero-order valence-electron chi connectivity index (χ0n) is 30.0. The smallest absolute Gasteiger partial charge is 0.253 e. The molecular weight excluding hydrogens is 601 g/mol. The Morgan fingerprint density at radius 2 is 1.66 bits per heavy atom. The normalized spacial score (nSPS) is 16.4. The van der Waals surface area contributed by atoms with Gasteiger partial charge in [-0.1, -0.05) is 73.1 Å². The molecule has 0 unspecified atom stereocenters. The molecule has 0 atom stereocenters. The zero-order chi connectivity index (χ0) is 33.7. The summed E-state index contributed by atoms with van der Waals surface area (Å²) in [6.45, 7) is 18.5. The number of piperazine rings is 1. The van der Waals surface area contributed by atoms with E-state index < -0.39 is 8.07 Å². The van der Waals surface area contributed by atoms with Gasteiger partial charge in [0.25, 0.3) is 5.56 Å². The van der Waals surface area contributed by atoms with Crippen molar-refractivity contribution in [1.29, 1.82) is 0 Å². The highest BCUT2D eigenvalue weighted by Crippen LogP contribution is 2.41. The van der Waals surface area contributed by atoms with Gasteiger partial charge in [-0.25, -0.2) is 4.98 Å². The first kappa shape index (κ1) is 35.0. The first-order chi connectivity index (χ1) is 22.5. The zero-order valence-corrected chi connectivity index (χ0v) is 31.0. The molecule has 0 amide bonds. The molecule has 254 valence electrons. The average Bonchev–Trinajstić information content (AvgIpc) is 3.56. The third kappa shape index (κ3) is 7.87. The van der Waals surface area contributed by atoms with Crippen LogP contribution in [0.2, 0.25) is 16.6 Å². The summed E-state index contributed by atoms with van der Waals surface area (Å²) in [5.74, 6) is 5.67. The van der Waals surface area contributed by atoms with E-state index in [1.54, 1.807) is 23.9 Å². The minimum Gasteiger partial charge on any atom is -0.491 e. The lowest BCUT2D eigenvalue weighted by Gasteiger charge is -2.38. The quantitative estimate of drug-likeness (QED) is 0.129. The van der Waals surface area contributed by atoms with Crippen LogP contribution in [0.4, 0.5) is 17.3 Å². The van der Waals surface area contributed by atoms with E-state index in [9.17, 15) is 4.79 Å². The fourth-order valence-corrected chi connectivity index (χ4v) is 13.2. The van der Waals surface area contributed by atoms with Gasteiger partial charge < -0.3 is 19.9 Å². The van der Waals surface area contributed by atoms with Crippen LogP contribution in [-0.4, -0.2) is 67.3 Å². The number of likely N-dealkylation sites (N-methyl/N-ethyl adjacent to an activating group) is 1. The predicted octanol–water partition coefficient (Wildman–Crippen LogP) is 7.74. The van der Waals surface area contributed by atoms with Crippen LogP contribution < -0.4 is 20.5 Å². The molecule has 47 heavy (non-hydrogen) atoms. The summed E-state index contributed by atoms with van der Waals surface area (Å²) in [7, 11) is 1.96. The fourth-order valence-electron chi connectivity index (χ4n) is 7.99. The summed E-state index contributed by atoms with van der Waals surface area (Å²) in [5.41, 5.74) is 8.43. The second-order valence-corrected chi connectivity index (χ2v) is 20.4. The number of hydrogen-bond acceptors (Lipinski definition) is 7. The van der Waals surface area contributed by atoms with Crippen molar-refractivity contribution in [2.75, 3.05) is 50.1 Å². The molecule has 2 fully saturated rings. The number of anilines is 3. The van der Waals surface area contributed by atoms with Gasteiger partial charge in [0, 0.05) is 62.8 Å². The van der Waals surface area contributed by atoms with Gasteiger partial charge in [0.2, 0.25) is 5.95 Å². The Labute approximate surface area is 283 Å². The topological polar surface area (TPSA) is 75.5 Å². The van der Waals surface area contributed by atoms with Gasteiger partial charge in [0.15, 0.2) is 0 Å². The van der Waals surface area contributed by atoms with Gasteiger partial charge in [0.05, 0.1) is 17.7 Å². The van der Waals surface area contributed by atoms with Crippen LogP contribution in [0.1, 0.15) is 85.6 Å². The van der Waals surface area contributed by atoms with E-state index in [4.69, 9.17) is 14.7 Å². The highest BCUT2D eigenvalue weighted by atomic mass is 28.3. The molecule has 1 aliphatic heterocycles. The Balaban J connectivity index is 1.42. The molecule has 1 aliphatic carbocycles. The van der Waals surface area contributed by atoms with Gasteiger partial charge in [-0.3, -0.25) is 9.36 Å². The van der Waals surface area contributed by atoms with Crippen molar-refractivity contribution in [3.05, 3.63) is 46.4 Å². The molecule has 1 aromatic carbocycles. The maximum absolute atomic E-state index is 13.1. The Hall–Kier alpha value is -3.35. The Morgan fingerprint density at radius 1 is 0.979 bits per heavy atom. The second kappa shape index (κ2) is 15.2. The van der Waals surface area contributed by atoms with Crippen molar-refractivity contribution in [1.82, 2.24) is 19.4 Å². The molecule has 9 heteroatoms. The third-order valence-corrected chi connectivity index (χ3v) is 17.1. The van der Waals surface area contributed by atoms with Gasteiger partial charge in [-0.2, -0.15) is 4.98 Å². The van der Waals surface area contributed by atoms with E-state index >= 15 is 0 Å². The summed E-state index contributed by atoms with van der Waals surface area (Å²) in [4.78, 5) is 27.4. The minimum atomic E-state index is -1.98. The van der Waals surface area contributed by atoms with Gasteiger partial charge in [-0.05, 0) is 54.6 Å². The van der Waals surface area contributed by atoms with Crippen molar-refractivity contribution >= 4 is 36.4 Å². The van der Waals surface area contributed by atoms with E-state index in [2.05, 4.69) is 93.4 Å². The third-order valence-electron chi connectivity index (χ3n) is 10.8. The van der Waals surface area contributed by atoms with Crippen molar-refractivity contribution in [2.24, 2.45) is 13.0 Å². The number of ether oxygens (including phenoxy) is 1. The van der Waals surface area contributed by atoms with E-state index in [-0.39, 0.29) is 5.56 Å². The Morgan fingerprint density at radius 3 is 2.32 bits per heavy atom. The van der Waals surface area contributed by atoms with Crippen LogP contribution in [0, 0.1) is 17.4 Å². The average molecular weight is 657 g/mol. The molecule has 0 radical (unpaired) electrons. The summed E-state index contributed by atoms with van der Waals surface area (Å²) in [6, 6.07) is 7.94. The van der Waals surface area contributed by atoms with Crippen molar-refractivity contribution in [3.8, 4) is 17.2 Å². The lowest BCUT2D eigenvalue weighted by Crippen LogP contribution is -2.44. The van der Waals surface area contributed by atoms with Crippen LogP contribution in [0.5, 0.6) is 5.75 Å². The highest BCUT2D eigenvalue weighted by Gasteiger charge is 2.41. The molecular formula is C38H56N6O2Si. The SMILES string of the molecule is CC(C)[Si](C#Cc1cc(=O)n(C)c2nc(Nc3ccc(N4CCN(C)CC4)c(OCCCC4CCCC4)c3)ncc12)(C(C)C)C(C)C. The molecule has 3 heterocycles. The first-order valence-corrected chi connectivity index (χ1v) is 20.1. The maximum Gasteiger partial charge on any atom is 0.253 e. The Bertz CT molecular complexity index is 1620. The molecule has 0 bridgehead atoms. The number of rotatable bonds is 11.